The number of nitrogens with one attached hydrogen (secondary N) is 1. The Labute approximate surface area is 126 Å². The molecule has 1 saturated heterocycles. The Kier molecular flexibility index (Phi) is 4.56. The van der Waals surface area contributed by atoms with Gasteiger partial charge in [0.1, 0.15) is 0 Å². The molecule has 1 aromatic heterocycles. The van der Waals surface area contributed by atoms with Gasteiger partial charge in [-0.05, 0) is 13.8 Å². The van der Waals surface area contributed by atoms with Gasteiger partial charge in [0, 0.05) is 24.4 Å². The highest BCUT2D eigenvalue weighted by Crippen LogP contribution is 2.23. The zero-order chi connectivity index (χ0) is 15.6. The third-order valence-corrected chi connectivity index (χ3v) is 4.07. The summed E-state index contributed by atoms with van der Waals surface area (Å²) in [4.78, 5) is 40.2. The van der Waals surface area contributed by atoms with Gasteiger partial charge in [0.25, 0.3) is 0 Å². The Morgan fingerprint density at radius 1 is 1.57 bits per heavy atom. The second-order valence-corrected chi connectivity index (χ2v) is 6.10. The topological polar surface area (TPSA) is 99.6 Å². The second-order valence-electron chi connectivity index (χ2n) is 5.24. The maximum Gasteiger partial charge on any atom is 0.309 e. The third kappa shape index (κ3) is 3.78. The number of carboxylic acids is 1. The Balaban J connectivity index is 1.94. The van der Waals surface area contributed by atoms with E-state index < -0.39 is 5.97 Å². The summed E-state index contributed by atoms with van der Waals surface area (Å²) >= 11 is 1.18. The number of carbonyl (C=O) groups is 3. The number of rotatable bonds is 5. The SMILES string of the molecule is CC(C)N1CC(C(=O)Nc2nc(CC(=O)O)cs2)CC1=O. The molecule has 1 unspecified atom stereocenters. The first-order valence-corrected chi connectivity index (χ1v) is 7.51. The molecule has 0 radical (unpaired) electrons. The van der Waals surface area contributed by atoms with E-state index in [1.165, 1.54) is 11.3 Å². The highest BCUT2D eigenvalue weighted by molar-refractivity contribution is 7.13. The molecule has 2 N–H and O–H groups in total. The minimum atomic E-state index is -0.966. The van der Waals surface area contributed by atoms with Crippen LogP contribution >= 0.6 is 11.3 Å². The van der Waals surface area contributed by atoms with Gasteiger partial charge in [-0.15, -0.1) is 11.3 Å². The van der Waals surface area contributed by atoms with E-state index in [-0.39, 0.29) is 36.6 Å². The first-order chi connectivity index (χ1) is 9.86. The van der Waals surface area contributed by atoms with Crippen molar-refractivity contribution in [2.45, 2.75) is 32.7 Å². The summed E-state index contributed by atoms with van der Waals surface area (Å²) in [6.45, 7) is 4.24. The molecule has 1 aliphatic heterocycles. The predicted octanol–water partition coefficient (Wildman–Crippen LogP) is 0.966. The standard InChI is InChI=1S/C13H17N3O4S/c1-7(2)16-5-8(3-10(16)17)12(20)15-13-14-9(6-21-13)4-11(18)19/h6-8H,3-5H2,1-2H3,(H,18,19)(H,14,15,20). The summed E-state index contributed by atoms with van der Waals surface area (Å²) in [5, 5.41) is 13.3. The van der Waals surface area contributed by atoms with Gasteiger partial charge in [-0.1, -0.05) is 0 Å². The number of hydrogen-bond acceptors (Lipinski definition) is 5. The molecule has 8 heteroatoms. The molecular weight excluding hydrogens is 294 g/mol. The molecule has 0 saturated carbocycles. The molecule has 114 valence electrons. The van der Waals surface area contributed by atoms with Crippen LogP contribution in [-0.2, 0) is 20.8 Å². The van der Waals surface area contributed by atoms with Crippen molar-refractivity contribution in [3.63, 3.8) is 0 Å². The van der Waals surface area contributed by atoms with Crippen LogP contribution in [0.5, 0.6) is 0 Å². The smallest absolute Gasteiger partial charge is 0.309 e. The number of carboxylic acid groups (broad SMARTS) is 1. The zero-order valence-electron chi connectivity index (χ0n) is 11.8. The van der Waals surface area contributed by atoms with Crippen molar-refractivity contribution < 1.29 is 19.5 Å². The molecule has 0 aromatic carbocycles. The van der Waals surface area contributed by atoms with Gasteiger partial charge in [0.05, 0.1) is 18.0 Å². The maximum atomic E-state index is 12.1. The van der Waals surface area contributed by atoms with Gasteiger partial charge in [0.2, 0.25) is 11.8 Å². The van der Waals surface area contributed by atoms with Crippen molar-refractivity contribution in [2.24, 2.45) is 5.92 Å². The fraction of sp³-hybridized carbons (Fsp3) is 0.538. The summed E-state index contributed by atoms with van der Waals surface area (Å²) in [7, 11) is 0. The van der Waals surface area contributed by atoms with Crippen molar-refractivity contribution in [3.05, 3.63) is 11.1 Å². The molecule has 1 fully saturated rings. The highest BCUT2D eigenvalue weighted by Gasteiger charge is 2.35. The molecule has 1 aliphatic rings. The lowest BCUT2D eigenvalue weighted by atomic mass is 10.1. The fourth-order valence-corrected chi connectivity index (χ4v) is 2.93. The van der Waals surface area contributed by atoms with Crippen molar-refractivity contribution >= 4 is 34.3 Å². The average Bonchev–Trinajstić information content (AvgIpc) is 2.95. The Hall–Kier alpha value is -1.96. The molecular formula is C13H17N3O4S. The molecule has 1 aromatic rings. The number of carbonyl (C=O) groups excluding carboxylic acids is 2. The van der Waals surface area contributed by atoms with Crippen LogP contribution in [0.3, 0.4) is 0 Å². The van der Waals surface area contributed by atoms with E-state index in [4.69, 9.17) is 5.11 Å². The predicted molar refractivity (Wildman–Crippen MR) is 77.0 cm³/mol. The third-order valence-electron chi connectivity index (χ3n) is 3.27. The van der Waals surface area contributed by atoms with Crippen LogP contribution in [-0.4, -0.2) is 45.4 Å². The van der Waals surface area contributed by atoms with Crippen LogP contribution in [0.4, 0.5) is 5.13 Å². The summed E-state index contributed by atoms with van der Waals surface area (Å²) in [5.74, 6) is -1.61. The van der Waals surface area contributed by atoms with E-state index in [1.54, 1.807) is 10.3 Å². The quantitative estimate of drug-likeness (QED) is 0.844. The number of nitrogens with zero attached hydrogens (tertiary/aromatic N) is 2. The number of aromatic nitrogens is 1. The second kappa shape index (κ2) is 6.21. The number of thiazole rings is 1. The molecule has 2 heterocycles. The van der Waals surface area contributed by atoms with Crippen molar-refractivity contribution in [2.75, 3.05) is 11.9 Å². The van der Waals surface area contributed by atoms with Gasteiger partial charge >= 0.3 is 5.97 Å². The van der Waals surface area contributed by atoms with E-state index in [1.807, 2.05) is 13.8 Å². The zero-order valence-corrected chi connectivity index (χ0v) is 12.6. The monoisotopic (exact) mass is 311 g/mol. The largest absolute Gasteiger partial charge is 0.481 e. The van der Waals surface area contributed by atoms with Crippen LogP contribution in [0.15, 0.2) is 5.38 Å². The molecule has 0 aliphatic carbocycles. The normalized spacial score (nSPS) is 18.3. The van der Waals surface area contributed by atoms with Gasteiger partial charge in [-0.25, -0.2) is 4.98 Å². The Bertz CT molecular complexity index is 570. The van der Waals surface area contributed by atoms with Gasteiger partial charge in [-0.3, -0.25) is 14.4 Å². The molecule has 2 rings (SSSR count). The summed E-state index contributed by atoms with van der Waals surface area (Å²) < 4.78 is 0. The van der Waals surface area contributed by atoms with Gasteiger partial charge in [0.15, 0.2) is 5.13 Å². The van der Waals surface area contributed by atoms with E-state index in [9.17, 15) is 14.4 Å². The maximum absolute atomic E-state index is 12.1. The summed E-state index contributed by atoms with van der Waals surface area (Å²) in [6.07, 6.45) is 0.0345. The van der Waals surface area contributed by atoms with Gasteiger partial charge < -0.3 is 15.3 Å². The molecule has 21 heavy (non-hydrogen) atoms. The molecule has 0 bridgehead atoms. The number of anilines is 1. The highest BCUT2D eigenvalue weighted by atomic mass is 32.1. The Morgan fingerprint density at radius 3 is 2.86 bits per heavy atom. The molecule has 0 spiro atoms. The molecule has 1 atom stereocenters. The van der Waals surface area contributed by atoms with Crippen molar-refractivity contribution in [3.8, 4) is 0 Å². The summed E-state index contributed by atoms with van der Waals surface area (Å²) in [5.41, 5.74) is 0.411. The lowest BCUT2D eigenvalue weighted by molar-refractivity contribution is -0.136. The number of amides is 2. The van der Waals surface area contributed by atoms with E-state index in [0.717, 1.165) is 0 Å². The van der Waals surface area contributed by atoms with Crippen molar-refractivity contribution in [1.82, 2.24) is 9.88 Å². The molecule has 7 nitrogen and oxygen atoms in total. The van der Waals surface area contributed by atoms with Crippen LogP contribution in [0.2, 0.25) is 0 Å². The Morgan fingerprint density at radius 2 is 2.29 bits per heavy atom. The number of hydrogen-bond donors (Lipinski definition) is 2. The minimum absolute atomic E-state index is 0.0177. The first kappa shape index (κ1) is 15.4. The van der Waals surface area contributed by atoms with Crippen LogP contribution in [0.25, 0.3) is 0 Å². The van der Waals surface area contributed by atoms with Crippen molar-refractivity contribution in [1.29, 1.82) is 0 Å². The van der Waals surface area contributed by atoms with E-state index >= 15 is 0 Å². The van der Waals surface area contributed by atoms with Crippen LogP contribution in [0.1, 0.15) is 26.0 Å². The van der Waals surface area contributed by atoms with Gasteiger partial charge in [-0.2, -0.15) is 0 Å². The molecule has 2 amide bonds. The van der Waals surface area contributed by atoms with Crippen LogP contribution < -0.4 is 5.32 Å². The van der Waals surface area contributed by atoms with Crippen LogP contribution in [0, 0.1) is 5.92 Å². The number of likely N-dealkylation sites (tertiary alicyclic amines) is 1. The number of aliphatic carboxylic acids is 1. The summed E-state index contributed by atoms with van der Waals surface area (Å²) in [6, 6.07) is 0.0809. The lowest BCUT2D eigenvalue weighted by Crippen LogP contribution is -2.33. The fourth-order valence-electron chi connectivity index (χ4n) is 2.21. The minimum Gasteiger partial charge on any atom is -0.481 e. The van der Waals surface area contributed by atoms with E-state index in [2.05, 4.69) is 10.3 Å². The van der Waals surface area contributed by atoms with E-state index in [0.29, 0.717) is 17.4 Å². The average molecular weight is 311 g/mol. The first-order valence-electron chi connectivity index (χ1n) is 6.63. The lowest BCUT2D eigenvalue weighted by Gasteiger charge is -2.20.